The molecule has 1 fully saturated rings. The first kappa shape index (κ1) is 12.5. The summed E-state index contributed by atoms with van der Waals surface area (Å²) >= 11 is 0. The average Bonchev–Trinajstić information content (AvgIpc) is 2.20. The van der Waals surface area contributed by atoms with Crippen molar-refractivity contribution in [1.29, 1.82) is 0 Å². The molecule has 15 heavy (non-hydrogen) atoms. The molecule has 4 heteroatoms. The molecule has 0 aromatic rings. The first-order chi connectivity index (χ1) is 7.07. The average molecular weight is 213 g/mol. The molecule has 88 valence electrons. The Balaban J connectivity index is 2.73. The maximum absolute atomic E-state index is 11.7. The molecular weight excluding hydrogens is 190 g/mol. The van der Waals surface area contributed by atoms with Crippen LogP contribution < -0.4 is 11.3 Å². The summed E-state index contributed by atoms with van der Waals surface area (Å²) in [6, 6.07) is 0.411. The third-order valence-electron chi connectivity index (χ3n) is 3.25. The highest BCUT2D eigenvalue weighted by Crippen LogP contribution is 2.22. The van der Waals surface area contributed by atoms with E-state index in [0.29, 0.717) is 12.0 Å². The minimum atomic E-state index is -0.0784. The maximum atomic E-state index is 11.7. The second-order valence-electron chi connectivity index (χ2n) is 4.78. The van der Waals surface area contributed by atoms with E-state index in [1.807, 2.05) is 0 Å². The summed E-state index contributed by atoms with van der Waals surface area (Å²) in [5.41, 5.74) is 2.28. The van der Waals surface area contributed by atoms with Crippen LogP contribution in [0.5, 0.6) is 0 Å². The third kappa shape index (κ3) is 2.92. The molecule has 1 saturated heterocycles. The molecule has 1 rings (SSSR count). The highest BCUT2D eigenvalue weighted by atomic mass is 16.2. The minimum absolute atomic E-state index is 0.0567. The molecule has 4 nitrogen and oxygen atoms in total. The molecular formula is C11H23N3O. The number of hydrogen-bond donors (Lipinski definition) is 2. The SMILES string of the molecule is CC(C)[C@@H](C(=O)NN)N1CCCC[C@@H]1C. The van der Waals surface area contributed by atoms with Crippen molar-refractivity contribution in [1.82, 2.24) is 10.3 Å². The number of rotatable bonds is 3. The second-order valence-corrected chi connectivity index (χ2v) is 4.78. The molecule has 0 bridgehead atoms. The highest BCUT2D eigenvalue weighted by Gasteiger charge is 2.32. The van der Waals surface area contributed by atoms with Gasteiger partial charge in [-0.05, 0) is 32.2 Å². The number of nitrogens with one attached hydrogen (secondary N) is 1. The van der Waals surface area contributed by atoms with Crippen LogP contribution in [-0.2, 0) is 4.79 Å². The van der Waals surface area contributed by atoms with Gasteiger partial charge >= 0.3 is 0 Å². The molecule has 3 N–H and O–H groups in total. The Morgan fingerprint density at radius 1 is 1.47 bits per heavy atom. The molecule has 0 aromatic carbocycles. The Morgan fingerprint density at radius 2 is 2.13 bits per heavy atom. The number of nitrogens with two attached hydrogens (primary N) is 1. The zero-order chi connectivity index (χ0) is 11.4. The fourth-order valence-corrected chi connectivity index (χ4v) is 2.46. The van der Waals surface area contributed by atoms with Gasteiger partial charge in [0.25, 0.3) is 5.91 Å². The lowest BCUT2D eigenvalue weighted by atomic mass is 9.95. The number of nitrogens with zero attached hydrogens (tertiary/aromatic N) is 1. The largest absolute Gasteiger partial charge is 0.293 e. The van der Waals surface area contributed by atoms with Gasteiger partial charge in [-0.15, -0.1) is 0 Å². The summed E-state index contributed by atoms with van der Waals surface area (Å²) < 4.78 is 0. The van der Waals surface area contributed by atoms with Crippen LogP contribution in [0.15, 0.2) is 0 Å². The summed E-state index contributed by atoms with van der Waals surface area (Å²) in [6.07, 6.45) is 3.64. The van der Waals surface area contributed by atoms with Gasteiger partial charge in [-0.1, -0.05) is 20.3 Å². The van der Waals surface area contributed by atoms with E-state index in [0.717, 1.165) is 6.54 Å². The standard InChI is InChI=1S/C11H23N3O/c1-8(2)10(11(15)13-12)14-7-5-4-6-9(14)3/h8-10H,4-7,12H2,1-3H3,(H,13,15)/t9-,10-/m0/s1. The fraction of sp³-hybridized carbons (Fsp3) is 0.909. The highest BCUT2D eigenvalue weighted by molar-refractivity contribution is 5.81. The van der Waals surface area contributed by atoms with E-state index in [1.54, 1.807) is 0 Å². The second kappa shape index (κ2) is 5.47. The van der Waals surface area contributed by atoms with Gasteiger partial charge in [-0.3, -0.25) is 15.1 Å². The third-order valence-corrected chi connectivity index (χ3v) is 3.25. The fourth-order valence-electron chi connectivity index (χ4n) is 2.46. The summed E-state index contributed by atoms with van der Waals surface area (Å²) in [6.45, 7) is 7.35. The van der Waals surface area contributed by atoms with E-state index in [2.05, 4.69) is 31.1 Å². The van der Waals surface area contributed by atoms with E-state index < -0.39 is 0 Å². The number of amides is 1. The predicted octanol–water partition coefficient (Wildman–Crippen LogP) is 0.875. The monoisotopic (exact) mass is 213 g/mol. The summed E-state index contributed by atoms with van der Waals surface area (Å²) in [5, 5.41) is 0. The molecule has 0 radical (unpaired) electrons. The summed E-state index contributed by atoms with van der Waals surface area (Å²) in [5.74, 6) is 5.48. The zero-order valence-corrected chi connectivity index (χ0v) is 9.99. The van der Waals surface area contributed by atoms with Crippen molar-refractivity contribution in [3.8, 4) is 0 Å². The Bertz CT molecular complexity index is 218. The van der Waals surface area contributed by atoms with Crippen LogP contribution in [0.3, 0.4) is 0 Å². The van der Waals surface area contributed by atoms with E-state index >= 15 is 0 Å². The molecule has 1 aliphatic rings. The molecule has 1 heterocycles. The van der Waals surface area contributed by atoms with Gasteiger partial charge in [0.2, 0.25) is 0 Å². The zero-order valence-electron chi connectivity index (χ0n) is 9.99. The number of carbonyl (C=O) groups excluding carboxylic acids is 1. The van der Waals surface area contributed by atoms with Gasteiger partial charge in [0.1, 0.15) is 0 Å². The Hall–Kier alpha value is -0.610. The van der Waals surface area contributed by atoms with Crippen molar-refractivity contribution in [2.75, 3.05) is 6.54 Å². The topological polar surface area (TPSA) is 58.4 Å². The first-order valence-corrected chi connectivity index (χ1v) is 5.84. The summed E-state index contributed by atoms with van der Waals surface area (Å²) in [7, 11) is 0. The number of carbonyl (C=O) groups is 1. The van der Waals surface area contributed by atoms with E-state index in [1.165, 1.54) is 19.3 Å². The van der Waals surface area contributed by atoms with Crippen LogP contribution in [0, 0.1) is 5.92 Å². The van der Waals surface area contributed by atoms with E-state index in [9.17, 15) is 4.79 Å². The van der Waals surface area contributed by atoms with Crippen molar-refractivity contribution in [2.45, 2.75) is 52.1 Å². The molecule has 0 aromatic heterocycles. The van der Waals surface area contributed by atoms with Crippen molar-refractivity contribution >= 4 is 5.91 Å². The van der Waals surface area contributed by atoms with Crippen LogP contribution in [0.25, 0.3) is 0 Å². The van der Waals surface area contributed by atoms with Crippen LogP contribution in [-0.4, -0.2) is 29.4 Å². The van der Waals surface area contributed by atoms with Gasteiger partial charge in [-0.25, -0.2) is 5.84 Å². The van der Waals surface area contributed by atoms with Crippen LogP contribution in [0.1, 0.15) is 40.0 Å². The minimum Gasteiger partial charge on any atom is -0.293 e. The Labute approximate surface area is 92.2 Å². The number of piperidine rings is 1. The van der Waals surface area contributed by atoms with Crippen molar-refractivity contribution in [3.05, 3.63) is 0 Å². The lowest BCUT2D eigenvalue weighted by Gasteiger charge is -2.40. The lowest BCUT2D eigenvalue weighted by Crippen LogP contribution is -2.55. The van der Waals surface area contributed by atoms with Crippen LogP contribution in [0.2, 0.25) is 0 Å². The number of hydrazine groups is 1. The van der Waals surface area contributed by atoms with Crippen molar-refractivity contribution < 1.29 is 4.79 Å². The van der Waals surface area contributed by atoms with Crippen LogP contribution in [0.4, 0.5) is 0 Å². The van der Waals surface area contributed by atoms with Gasteiger partial charge < -0.3 is 0 Å². The van der Waals surface area contributed by atoms with E-state index in [-0.39, 0.29) is 11.9 Å². The summed E-state index contributed by atoms with van der Waals surface area (Å²) in [4.78, 5) is 14.0. The van der Waals surface area contributed by atoms with Gasteiger partial charge in [0.15, 0.2) is 0 Å². The van der Waals surface area contributed by atoms with Gasteiger partial charge in [0, 0.05) is 6.04 Å². The molecule has 1 aliphatic heterocycles. The van der Waals surface area contributed by atoms with Crippen molar-refractivity contribution in [2.24, 2.45) is 11.8 Å². The quantitative estimate of drug-likeness (QED) is 0.415. The molecule has 1 amide bonds. The van der Waals surface area contributed by atoms with Gasteiger partial charge in [-0.2, -0.15) is 0 Å². The first-order valence-electron chi connectivity index (χ1n) is 5.84. The Morgan fingerprint density at radius 3 is 2.60 bits per heavy atom. The molecule has 0 saturated carbocycles. The van der Waals surface area contributed by atoms with Gasteiger partial charge in [0.05, 0.1) is 6.04 Å². The lowest BCUT2D eigenvalue weighted by molar-refractivity contribution is -0.129. The normalized spacial score (nSPS) is 25.3. The van der Waals surface area contributed by atoms with Crippen molar-refractivity contribution in [3.63, 3.8) is 0 Å². The molecule has 0 aliphatic carbocycles. The smallest absolute Gasteiger partial charge is 0.251 e. The molecule has 0 unspecified atom stereocenters. The number of hydrogen-bond acceptors (Lipinski definition) is 3. The predicted molar refractivity (Wildman–Crippen MR) is 61.0 cm³/mol. The maximum Gasteiger partial charge on any atom is 0.251 e. The van der Waals surface area contributed by atoms with Crippen LogP contribution >= 0.6 is 0 Å². The Kier molecular flexibility index (Phi) is 4.54. The molecule has 2 atom stereocenters. The number of likely N-dealkylation sites (tertiary alicyclic amines) is 1. The molecule has 0 spiro atoms. The van der Waals surface area contributed by atoms with E-state index in [4.69, 9.17) is 5.84 Å².